The summed E-state index contributed by atoms with van der Waals surface area (Å²) in [5.74, 6) is -1.84. The standard InChI is InChI=1S/C21H19ClF2N2O5/c1-26(12-18(27)25-17-5-3-2-4-16(17)22)19(28)13-30-20(29)11-8-14-6-9-15(10-7-14)31-21(23)24/h2-11,21H,12-13H2,1H3,(H,25,27)/b11-8+. The molecule has 0 aliphatic rings. The number of nitrogens with one attached hydrogen (secondary N) is 1. The highest BCUT2D eigenvalue weighted by molar-refractivity contribution is 6.33. The number of ether oxygens (including phenoxy) is 2. The number of halogens is 3. The number of carbonyl (C=O) groups is 3. The van der Waals surface area contributed by atoms with E-state index < -0.39 is 31.0 Å². The number of amides is 2. The van der Waals surface area contributed by atoms with Crippen LogP contribution in [0.4, 0.5) is 14.5 Å². The summed E-state index contributed by atoms with van der Waals surface area (Å²) in [4.78, 5) is 36.9. The van der Waals surface area contributed by atoms with Crippen molar-refractivity contribution in [3.05, 3.63) is 65.2 Å². The van der Waals surface area contributed by atoms with Gasteiger partial charge in [-0.2, -0.15) is 8.78 Å². The molecule has 0 saturated heterocycles. The summed E-state index contributed by atoms with van der Waals surface area (Å²) in [6, 6.07) is 12.2. The maximum absolute atomic E-state index is 12.1. The number of likely N-dealkylation sites (N-methyl/N-ethyl adjacent to an activating group) is 1. The van der Waals surface area contributed by atoms with Crippen LogP contribution in [-0.2, 0) is 19.1 Å². The summed E-state index contributed by atoms with van der Waals surface area (Å²) >= 11 is 5.96. The second-order valence-corrected chi connectivity index (χ2v) is 6.57. The van der Waals surface area contributed by atoms with Crippen LogP contribution in [0.5, 0.6) is 5.75 Å². The molecule has 0 aliphatic heterocycles. The number of anilines is 1. The Morgan fingerprint density at radius 1 is 1.13 bits per heavy atom. The Bertz CT molecular complexity index is 951. The second-order valence-electron chi connectivity index (χ2n) is 6.17. The van der Waals surface area contributed by atoms with Gasteiger partial charge >= 0.3 is 12.6 Å². The molecule has 0 aliphatic carbocycles. The summed E-state index contributed by atoms with van der Waals surface area (Å²) < 4.78 is 33.3. The Kier molecular flexibility index (Phi) is 8.95. The Hall–Kier alpha value is -3.46. The van der Waals surface area contributed by atoms with Gasteiger partial charge in [0, 0.05) is 13.1 Å². The van der Waals surface area contributed by atoms with Crippen molar-refractivity contribution in [2.24, 2.45) is 0 Å². The molecule has 10 heteroatoms. The Labute approximate surface area is 182 Å². The maximum atomic E-state index is 12.1. The molecule has 164 valence electrons. The van der Waals surface area contributed by atoms with Crippen LogP contribution in [-0.4, -0.2) is 49.5 Å². The third-order valence-corrected chi connectivity index (χ3v) is 4.14. The molecule has 0 saturated carbocycles. The summed E-state index contributed by atoms with van der Waals surface area (Å²) in [7, 11) is 1.39. The van der Waals surface area contributed by atoms with E-state index in [1.165, 1.54) is 37.4 Å². The van der Waals surface area contributed by atoms with Crippen molar-refractivity contribution >= 4 is 41.1 Å². The van der Waals surface area contributed by atoms with Crippen LogP contribution in [0.3, 0.4) is 0 Å². The highest BCUT2D eigenvalue weighted by Crippen LogP contribution is 2.20. The van der Waals surface area contributed by atoms with E-state index in [4.69, 9.17) is 16.3 Å². The molecule has 0 bridgehead atoms. The number of benzene rings is 2. The SMILES string of the molecule is CN(CC(=O)Nc1ccccc1Cl)C(=O)COC(=O)/C=C/c1ccc(OC(F)F)cc1. The van der Waals surface area contributed by atoms with Crippen molar-refractivity contribution in [2.75, 3.05) is 25.5 Å². The van der Waals surface area contributed by atoms with Crippen molar-refractivity contribution in [3.8, 4) is 5.75 Å². The molecule has 0 fully saturated rings. The number of para-hydroxylation sites is 1. The fourth-order valence-corrected chi connectivity index (χ4v) is 2.45. The minimum atomic E-state index is -2.92. The lowest BCUT2D eigenvalue weighted by Crippen LogP contribution is -2.37. The van der Waals surface area contributed by atoms with Crippen molar-refractivity contribution in [1.82, 2.24) is 4.90 Å². The van der Waals surface area contributed by atoms with Crippen molar-refractivity contribution in [1.29, 1.82) is 0 Å². The first-order chi connectivity index (χ1) is 14.7. The van der Waals surface area contributed by atoms with E-state index in [1.54, 1.807) is 24.3 Å². The number of hydrogen-bond acceptors (Lipinski definition) is 5. The third-order valence-electron chi connectivity index (χ3n) is 3.81. The zero-order chi connectivity index (χ0) is 22.8. The molecule has 0 radical (unpaired) electrons. The first-order valence-electron chi connectivity index (χ1n) is 8.92. The van der Waals surface area contributed by atoms with Gasteiger partial charge in [-0.05, 0) is 35.9 Å². The average Bonchev–Trinajstić information content (AvgIpc) is 2.72. The summed E-state index contributed by atoms with van der Waals surface area (Å²) in [6.07, 6.45) is 2.47. The van der Waals surface area contributed by atoms with Crippen molar-refractivity contribution < 1.29 is 32.6 Å². The van der Waals surface area contributed by atoms with Gasteiger partial charge in [0.2, 0.25) is 5.91 Å². The molecule has 7 nitrogen and oxygen atoms in total. The van der Waals surface area contributed by atoms with Gasteiger partial charge in [-0.15, -0.1) is 0 Å². The largest absolute Gasteiger partial charge is 0.452 e. The van der Waals surface area contributed by atoms with E-state index in [2.05, 4.69) is 10.1 Å². The molecule has 31 heavy (non-hydrogen) atoms. The molecule has 0 atom stereocenters. The number of carbonyl (C=O) groups excluding carboxylic acids is 3. The first-order valence-corrected chi connectivity index (χ1v) is 9.30. The smallest absolute Gasteiger partial charge is 0.387 e. The van der Waals surface area contributed by atoms with Gasteiger partial charge < -0.3 is 19.7 Å². The average molecular weight is 453 g/mol. The lowest BCUT2D eigenvalue weighted by molar-refractivity contribution is -0.148. The Balaban J connectivity index is 1.76. The molecule has 2 aromatic carbocycles. The van der Waals surface area contributed by atoms with Crippen LogP contribution in [0.2, 0.25) is 5.02 Å². The van der Waals surface area contributed by atoms with Gasteiger partial charge in [0.05, 0.1) is 17.3 Å². The summed E-state index contributed by atoms with van der Waals surface area (Å²) in [6.45, 7) is -3.74. The number of rotatable bonds is 9. The lowest BCUT2D eigenvalue weighted by atomic mass is 10.2. The molecule has 2 amide bonds. The Morgan fingerprint density at radius 2 is 1.81 bits per heavy atom. The van der Waals surface area contributed by atoms with E-state index in [-0.39, 0.29) is 12.3 Å². The minimum Gasteiger partial charge on any atom is -0.452 e. The maximum Gasteiger partial charge on any atom is 0.387 e. The van der Waals surface area contributed by atoms with Crippen LogP contribution < -0.4 is 10.1 Å². The predicted molar refractivity (Wildman–Crippen MR) is 111 cm³/mol. The van der Waals surface area contributed by atoms with Crippen LogP contribution in [0, 0.1) is 0 Å². The van der Waals surface area contributed by atoms with Crippen LogP contribution in [0.15, 0.2) is 54.6 Å². The topological polar surface area (TPSA) is 84.9 Å². The molecule has 0 unspecified atom stereocenters. The third kappa shape index (κ3) is 8.43. The van der Waals surface area contributed by atoms with E-state index in [0.29, 0.717) is 16.3 Å². The molecule has 0 heterocycles. The van der Waals surface area contributed by atoms with E-state index in [1.807, 2.05) is 0 Å². The molecule has 2 rings (SSSR count). The lowest BCUT2D eigenvalue weighted by Gasteiger charge is -2.16. The predicted octanol–water partition coefficient (Wildman–Crippen LogP) is 3.59. The molecule has 2 aromatic rings. The van der Waals surface area contributed by atoms with Gasteiger partial charge in [-0.3, -0.25) is 9.59 Å². The van der Waals surface area contributed by atoms with Crippen LogP contribution in [0.1, 0.15) is 5.56 Å². The zero-order valence-electron chi connectivity index (χ0n) is 16.4. The van der Waals surface area contributed by atoms with Gasteiger partial charge in [-0.25, -0.2) is 4.79 Å². The van der Waals surface area contributed by atoms with Crippen LogP contribution >= 0.6 is 11.6 Å². The minimum absolute atomic E-state index is 0.0121. The number of hydrogen-bond donors (Lipinski definition) is 1. The van der Waals surface area contributed by atoms with Crippen molar-refractivity contribution in [2.45, 2.75) is 6.61 Å². The summed E-state index contributed by atoms with van der Waals surface area (Å²) in [5.41, 5.74) is 0.957. The van der Waals surface area contributed by atoms with Gasteiger partial charge in [-0.1, -0.05) is 35.9 Å². The number of esters is 1. The quantitative estimate of drug-likeness (QED) is 0.464. The van der Waals surface area contributed by atoms with Gasteiger partial charge in [0.15, 0.2) is 6.61 Å². The zero-order valence-corrected chi connectivity index (χ0v) is 17.1. The molecular formula is C21H19ClF2N2O5. The van der Waals surface area contributed by atoms with E-state index in [0.717, 1.165) is 11.0 Å². The van der Waals surface area contributed by atoms with E-state index in [9.17, 15) is 23.2 Å². The molecule has 0 aromatic heterocycles. The number of nitrogens with zero attached hydrogens (tertiary/aromatic N) is 1. The van der Waals surface area contributed by atoms with E-state index >= 15 is 0 Å². The highest BCUT2D eigenvalue weighted by Gasteiger charge is 2.15. The Morgan fingerprint density at radius 3 is 2.45 bits per heavy atom. The monoisotopic (exact) mass is 452 g/mol. The fourth-order valence-electron chi connectivity index (χ4n) is 2.27. The number of alkyl halides is 2. The normalized spacial score (nSPS) is 10.7. The molecular weight excluding hydrogens is 434 g/mol. The summed E-state index contributed by atoms with van der Waals surface area (Å²) in [5, 5.41) is 2.94. The fraction of sp³-hybridized carbons (Fsp3) is 0.190. The van der Waals surface area contributed by atoms with Gasteiger partial charge in [0.1, 0.15) is 5.75 Å². The first kappa shape index (κ1) is 23.8. The molecule has 1 N–H and O–H groups in total. The second kappa shape index (κ2) is 11.7. The van der Waals surface area contributed by atoms with Gasteiger partial charge in [0.25, 0.3) is 5.91 Å². The van der Waals surface area contributed by atoms with Crippen LogP contribution in [0.25, 0.3) is 6.08 Å². The van der Waals surface area contributed by atoms with Crippen molar-refractivity contribution in [3.63, 3.8) is 0 Å². The highest BCUT2D eigenvalue weighted by atomic mass is 35.5. The molecule has 0 spiro atoms.